The molecule has 2 nitrogen and oxygen atoms in total. The molecule has 1 rings (SSSR count). The number of carbonyl (C=O) groups excluding carboxylic acids is 1. The van der Waals surface area contributed by atoms with Crippen molar-refractivity contribution in [1.82, 2.24) is 0 Å². The maximum absolute atomic E-state index is 12.2. The van der Waals surface area contributed by atoms with Gasteiger partial charge >= 0.3 is 5.51 Å². The van der Waals surface area contributed by atoms with Crippen molar-refractivity contribution in [2.75, 3.05) is 0 Å². The van der Waals surface area contributed by atoms with Crippen molar-refractivity contribution in [3.05, 3.63) is 23.8 Å². The standard InChI is InChI=1S/C10H8BrF3O2S/c1-5(11)8(15)6-3-2-4-7(9(6)16)17-10(12,13)14/h2-5,16H,1H3. The average molecular weight is 329 g/mol. The average Bonchev–Trinajstić information content (AvgIpc) is 2.18. The molecule has 0 aliphatic heterocycles. The minimum Gasteiger partial charge on any atom is -0.506 e. The van der Waals surface area contributed by atoms with Gasteiger partial charge in [0.2, 0.25) is 0 Å². The first-order valence-corrected chi connectivity index (χ1v) is 6.21. The van der Waals surface area contributed by atoms with Crippen molar-refractivity contribution < 1.29 is 23.1 Å². The fourth-order valence-electron chi connectivity index (χ4n) is 1.14. The number of aromatic hydroxyl groups is 1. The number of phenols is 1. The molecule has 0 spiro atoms. The molecule has 0 heterocycles. The van der Waals surface area contributed by atoms with Crippen LogP contribution in [0, 0.1) is 0 Å². The van der Waals surface area contributed by atoms with Crippen molar-refractivity contribution in [1.29, 1.82) is 0 Å². The molecule has 1 aromatic rings. The third kappa shape index (κ3) is 3.92. The van der Waals surface area contributed by atoms with Gasteiger partial charge in [-0.2, -0.15) is 13.2 Å². The van der Waals surface area contributed by atoms with Gasteiger partial charge in [-0.15, -0.1) is 0 Å². The van der Waals surface area contributed by atoms with E-state index in [0.717, 1.165) is 6.07 Å². The molecular formula is C10H8BrF3O2S. The van der Waals surface area contributed by atoms with Crippen LogP contribution in [0.4, 0.5) is 13.2 Å². The van der Waals surface area contributed by atoms with Crippen molar-refractivity contribution >= 4 is 33.5 Å². The highest BCUT2D eigenvalue weighted by molar-refractivity contribution is 9.10. The molecule has 0 aliphatic rings. The third-order valence-corrected chi connectivity index (χ3v) is 3.05. The summed E-state index contributed by atoms with van der Waals surface area (Å²) in [6.07, 6.45) is 0. The zero-order chi connectivity index (χ0) is 13.2. The summed E-state index contributed by atoms with van der Waals surface area (Å²) in [4.78, 5) is 10.6. The van der Waals surface area contributed by atoms with Gasteiger partial charge in [-0.05, 0) is 30.8 Å². The van der Waals surface area contributed by atoms with Gasteiger partial charge in [-0.1, -0.05) is 22.0 Å². The number of halogens is 4. The maximum Gasteiger partial charge on any atom is 0.446 e. The van der Waals surface area contributed by atoms with Gasteiger partial charge in [0, 0.05) is 0 Å². The number of ketones is 1. The lowest BCUT2D eigenvalue weighted by Gasteiger charge is -2.11. The van der Waals surface area contributed by atoms with Gasteiger partial charge in [-0.25, -0.2) is 0 Å². The van der Waals surface area contributed by atoms with Crippen molar-refractivity contribution in [2.45, 2.75) is 22.2 Å². The Morgan fingerprint density at radius 1 is 1.47 bits per heavy atom. The minimum atomic E-state index is -4.50. The molecule has 0 saturated heterocycles. The van der Waals surface area contributed by atoms with Crippen LogP contribution in [-0.4, -0.2) is 21.2 Å². The summed E-state index contributed by atoms with van der Waals surface area (Å²) in [5.41, 5.74) is -4.62. The van der Waals surface area contributed by atoms with Crippen molar-refractivity contribution in [2.24, 2.45) is 0 Å². The van der Waals surface area contributed by atoms with E-state index in [2.05, 4.69) is 15.9 Å². The second-order valence-electron chi connectivity index (χ2n) is 3.18. The normalized spacial score (nSPS) is 13.5. The first-order chi connectivity index (χ1) is 7.72. The monoisotopic (exact) mass is 328 g/mol. The molecule has 0 amide bonds. The molecule has 94 valence electrons. The molecule has 1 unspecified atom stereocenters. The fourth-order valence-corrected chi connectivity index (χ4v) is 1.99. The van der Waals surface area contributed by atoms with E-state index >= 15 is 0 Å². The van der Waals surface area contributed by atoms with Crippen LogP contribution in [-0.2, 0) is 0 Å². The number of para-hydroxylation sites is 1. The number of alkyl halides is 4. The molecule has 1 atom stereocenters. The second-order valence-corrected chi connectivity index (χ2v) is 5.66. The van der Waals surface area contributed by atoms with E-state index in [4.69, 9.17) is 0 Å². The molecular weight excluding hydrogens is 321 g/mol. The number of hydrogen-bond acceptors (Lipinski definition) is 3. The Labute approximate surface area is 108 Å². The Kier molecular flexibility index (Phi) is 4.48. The Hall–Kier alpha value is -0.690. The lowest BCUT2D eigenvalue weighted by molar-refractivity contribution is -0.0329. The zero-order valence-electron chi connectivity index (χ0n) is 8.58. The number of thioether (sulfide) groups is 1. The Morgan fingerprint density at radius 2 is 2.06 bits per heavy atom. The van der Waals surface area contributed by atoms with E-state index in [1.807, 2.05) is 0 Å². The molecule has 17 heavy (non-hydrogen) atoms. The van der Waals surface area contributed by atoms with Gasteiger partial charge in [-0.3, -0.25) is 4.79 Å². The minimum absolute atomic E-state index is 0.122. The summed E-state index contributed by atoms with van der Waals surface area (Å²) in [6.45, 7) is 1.53. The highest BCUT2D eigenvalue weighted by Crippen LogP contribution is 2.42. The van der Waals surface area contributed by atoms with Crippen LogP contribution in [0.25, 0.3) is 0 Å². The summed E-state index contributed by atoms with van der Waals surface area (Å²) in [6, 6.07) is 3.70. The van der Waals surface area contributed by atoms with Gasteiger partial charge < -0.3 is 5.11 Å². The van der Waals surface area contributed by atoms with E-state index in [9.17, 15) is 23.1 Å². The van der Waals surface area contributed by atoms with Crippen LogP contribution in [0.2, 0.25) is 0 Å². The molecule has 0 bridgehead atoms. The Morgan fingerprint density at radius 3 is 2.53 bits per heavy atom. The van der Waals surface area contributed by atoms with Crippen molar-refractivity contribution in [3.63, 3.8) is 0 Å². The summed E-state index contributed by atoms with van der Waals surface area (Å²) in [5.74, 6) is -1.10. The molecule has 0 aromatic heterocycles. The van der Waals surface area contributed by atoms with E-state index in [-0.39, 0.29) is 10.5 Å². The van der Waals surface area contributed by atoms with Gasteiger partial charge in [0.15, 0.2) is 5.78 Å². The molecule has 0 saturated carbocycles. The molecule has 0 fully saturated rings. The predicted molar refractivity (Wildman–Crippen MR) is 62.7 cm³/mol. The number of rotatable bonds is 3. The number of carbonyl (C=O) groups is 1. The summed E-state index contributed by atoms with van der Waals surface area (Å²) in [5, 5.41) is 9.61. The van der Waals surface area contributed by atoms with Gasteiger partial charge in [0.25, 0.3) is 0 Å². The first kappa shape index (κ1) is 14.4. The van der Waals surface area contributed by atoms with Crippen LogP contribution >= 0.6 is 27.7 Å². The zero-order valence-corrected chi connectivity index (χ0v) is 11.0. The van der Waals surface area contributed by atoms with E-state index < -0.39 is 33.6 Å². The van der Waals surface area contributed by atoms with E-state index in [1.165, 1.54) is 19.1 Å². The summed E-state index contributed by atoms with van der Waals surface area (Å²) >= 11 is 2.56. The number of benzene rings is 1. The highest BCUT2D eigenvalue weighted by atomic mass is 79.9. The Balaban J connectivity index is 3.12. The quantitative estimate of drug-likeness (QED) is 0.518. The largest absolute Gasteiger partial charge is 0.506 e. The van der Waals surface area contributed by atoms with Gasteiger partial charge in [0.1, 0.15) is 5.75 Å². The fraction of sp³-hybridized carbons (Fsp3) is 0.300. The molecule has 7 heteroatoms. The van der Waals surface area contributed by atoms with E-state index in [1.54, 1.807) is 0 Å². The topological polar surface area (TPSA) is 37.3 Å². The third-order valence-electron chi connectivity index (χ3n) is 1.85. The van der Waals surface area contributed by atoms with E-state index in [0.29, 0.717) is 0 Å². The highest BCUT2D eigenvalue weighted by Gasteiger charge is 2.31. The second kappa shape index (κ2) is 5.30. The van der Waals surface area contributed by atoms with Gasteiger partial charge in [0.05, 0.1) is 15.3 Å². The molecule has 1 aromatic carbocycles. The van der Waals surface area contributed by atoms with Crippen LogP contribution < -0.4 is 0 Å². The number of hydrogen-bond donors (Lipinski definition) is 1. The summed E-state index contributed by atoms with van der Waals surface area (Å²) < 4.78 is 36.5. The number of Topliss-reactive ketones (excluding diaryl/α,β-unsaturated/α-hetero) is 1. The van der Waals surface area contributed by atoms with Crippen LogP contribution in [0.3, 0.4) is 0 Å². The van der Waals surface area contributed by atoms with Crippen LogP contribution in [0.15, 0.2) is 23.1 Å². The van der Waals surface area contributed by atoms with Crippen LogP contribution in [0.1, 0.15) is 17.3 Å². The Bertz CT molecular complexity index is 432. The lowest BCUT2D eigenvalue weighted by atomic mass is 10.1. The molecule has 1 N–H and O–H groups in total. The lowest BCUT2D eigenvalue weighted by Crippen LogP contribution is -2.10. The first-order valence-electron chi connectivity index (χ1n) is 4.48. The number of phenolic OH excluding ortho intramolecular Hbond substituents is 1. The molecule has 0 radical (unpaired) electrons. The SMILES string of the molecule is CC(Br)C(=O)c1cccc(SC(F)(F)F)c1O. The predicted octanol–water partition coefficient (Wildman–Crippen LogP) is 3.97. The van der Waals surface area contributed by atoms with Crippen LogP contribution in [0.5, 0.6) is 5.75 Å². The smallest absolute Gasteiger partial charge is 0.446 e. The summed E-state index contributed by atoms with van der Waals surface area (Å²) in [7, 11) is 0. The van der Waals surface area contributed by atoms with Crippen molar-refractivity contribution in [3.8, 4) is 5.75 Å². The molecule has 0 aliphatic carbocycles. The maximum atomic E-state index is 12.2.